The third kappa shape index (κ3) is 4.09. The van der Waals surface area contributed by atoms with E-state index in [1.54, 1.807) is 0 Å². The van der Waals surface area contributed by atoms with Crippen molar-refractivity contribution in [3.05, 3.63) is 23.2 Å². The van der Waals surface area contributed by atoms with E-state index in [2.05, 4.69) is 15.6 Å². The van der Waals surface area contributed by atoms with E-state index in [0.717, 1.165) is 11.3 Å². The number of fused-ring (bicyclic) bond motifs is 1. The molecule has 21 heavy (non-hydrogen) atoms. The smallest absolute Gasteiger partial charge is 0.319 e. The van der Waals surface area contributed by atoms with Gasteiger partial charge in [0.2, 0.25) is 0 Å². The zero-order valence-corrected chi connectivity index (χ0v) is 11.4. The van der Waals surface area contributed by atoms with Crippen LogP contribution in [0.5, 0.6) is 0 Å². The first-order valence-corrected chi connectivity index (χ1v) is 6.72. The molecule has 3 N–H and O–H groups in total. The summed E-state index contributed by atoms with van der Waals surface area (Å²) in [5.74, 6) is -1.01. The second kappa shape index (κ2) is 6.44. The number of aliphatic carboxylic acids is 1. The van der Waals surface area contributed by atoms with Gasteiger partial charge >= 0.3 is 12.0 Å². The third-order valence-corrected chi connectivity index (χ3v) is 3.50. The van der Waals surface area contributed by atoms with Crippen LogP contribution in [0, 0.1) is 0 Å². The number of rotatable bonds is 5. The van der Waals surface area contributed by atoms with Crippen LogP contribution in [0.25, 0.3) is 10.2 Å². The SMILES string of the molecule is O=C(O)CCNC(=O)Nc1ccc2nc(C(F)F)sc2c1. The summed E-state index contributed by atoms with van der Waals surface area (Å²) in [5.41, 5.74) is 0.854. The number of nitrogens with zero attached hydrogens (tertiary/aromatic N) is 1. The molecule has 1 heterocycles. The van der Waals surface area contributed by atoms with Gasteiger partial charge in [-0.1, -0.05) is 0 Å². The number of amides is 2. The normalized spacial score (nSPS) is 10.8. The number of aromatic nitrogens is 1. The Morgan fingerprint density at radius 3 is 2.81 bits per heavy atom. The number of urea groups is 1. The quantitative estimate of drug-likeness (QED) is 0.791. The number of anilines is 1. The number of thiazole rings is 1. The minimum atomic E-state index is -2.63. The van der Waals surface area contributed by atoms with Crippen LogP contribution in [0.3, 0.4) is 0 Å². The molecule has 6 nitrogen and oxygen atoms in total. The van der Waals surface area contributed by atoms with E-state index in [-0.39, 0.29) is 18.0 Å². The fourth-order valence-electron chi connectivity index (χ4n) is 1.57. The van der Waals surface area contributed by atoms with Crippen LogP contribution in [0.15, 0.2) is 18.2 Å². The number of alkyl halides is 2. The van der Waals surface area contributed by atoms with Gasteiger partial charge in [0.25, 0.3) is 6.43 Å². The summed E-state index contributed by atoms with van der Waals surface area (Å²) >= 11 is 0.858. The van der Waals surface area contributed by atoms with Gasteiger partial charge in [0.05, 0.1) is 16.6 Å². The molecule has 0 aliphatic rings. The Hall–Kier alpha value is -2.29. The molecule has 2 rings (SSSR count). The third-order valence-electron chi connectivity index (χ3n) is 2.47. The molecule has 0 aliphatic carbocycles. The number of nitrogens with one attached hydrogen (secondary N) is 2. The Morgan fingerprint density at radius 1 is 1.38 bits per heavy atom. The molecule has 0 spiro atoms. The molecule has 0 fully saturated rings. The lowest BCUT2D eigenvalue weighted by molar-refractivity contribution is -0.136. The largest absolute Gasteiger partial charge is 0.481 e. The summed E-state index contributed by atoms with van der Waals surface area (Å²) in [6.07, 6.45) is -2.81. The van der Waals surface area contributed by atoms with Crippen LogP contribution in [0.2, 0.25) is 0 Å². The van der Waals surface area contributed by atoms with E-state index < -0.39 is 18.4 Å². The standard InChI is InChI=1S/C12H11F2N3O3S/c13-10(14)11-17-7-2-1-6(5-8(7)21-11)16-12(20)15-4-3-9(18)19/h1-2,5,10H,3-4H2,(H,18,19)(H2,15,16,20). The molecule has 0 bridgehead atoms. The van der Waals surface area contributed by atoms with Crippen LogP contribution >= 0.6 is 11.3 Å². The van der Waals surface area contributed by atoms with Crippen molar-refractivity contribution in [3.63, 3.8) is 0 Å². The predicted molar refractivity (Wildman–Crippen MR) is 73.9 cm³/mol. The van der Waals surface area contributed by atoms with Gasteiger partial charge in [-0.15, -0.1) is 11.3 Å². The number of hydrogen-bond acceptors (Lipinski definition) is 4. The molecular weight excluding hydrogens is 304 g/mol. The van der Waals surface area contributed by atoms with Gasteiger partial charge in [0.15, 0.2) is 5.01 Å². The number of carboxylic acid groups (broad SMARTS) is 1. The molecule has 1 aromatic heterocycles. The lowest BCUT2D eigenvalue weighted by atomic mass is 10.3. The van der Waals surface area contributed by atoms with Crippen molar-refractivity contribution in [2.75, 3.05) is 11.9 Å². The summed E-state index contributed by atoms with van der Waals surface area (Å²) in [5, 5.41) is 13.0. The van der Waals surface area contributed by atoms with Crippen molar-refractivity contribution in [2.24, 2.45) is 0 Å². The van der Waals surface area contributed by atoms with Gasteiger partial charge in [0, 0.05) is 12.2 Å². The van der Waals surface area contributed by atoms with Gasteiger partial charge in [0.1, 0.15) is 0 Å². The van der Waals surface area contributed by atoms with E-state index in [1.807, 2.05) is 0 Å². The van der Waals surface area contributed by atoms with Gasteiger partial charge in [-0.25, -0.2) is 18.6 Å². The summed E-state index contributed by atoms with van der Waals surface area (Å²) in [6, 6.07) is 4.04. The number of carbonyl (C=O) groups is 2. The molecule has 2 aromatic rings. The van der Waals surface area contributed by atoms with Crippen LogP contribution in [-0.4, -0.2) is 28.6 Å². The van der Waals surface area contributed by atoms with Crippen LogP contribution < -0.4 is 10.6 Å². The summed E-state index contributed by atoms with van der Waals surface area (Å²) in [7, 11) is 0. The Balaban J connectivity index is 2.02. The molecule has 0 radical (unpaired) electrons. The fraction of sp³-hybridized carbons (Fsp3) is 0.250. The van der Waals surface area contributed by atoms with E-state index in [1.165, 1.54) is 18.2 Å². The highest BCUT2D eigenvalue weighted by Gasteiger charge is 2.13. The van der Waals surface area contributed by atoms with Crippen molar-refractivity contribution < 1.29 is 23.5 Å². The lowest BCUT2D eigenvalue weighted by Crippen LogP contribution is -2.30. The maximum atomic E-state index is 12.5. The minimum absolute atomic E-state index is 0.000497. The first-order valence-electron chi connectivity index (χ1n) is 5.91. The Morgan fingerprint density at radius 2 is 2.14 bits per heavy atom. The van der Waals surface area contributed by atoms with Crippen molar-refractivity contribution >= 4 is 39.2 Å². The Bertz CT molecular complexity index is 675. The Kier molecular flexibility index (Phi) is 4.63. The van der Waals surface area contributed by atoms with Gasteiger partial charge in [-0.2, -0.15) is 0 Å². The number of carboxylic acids is 1. The molecule has 0 aliphatic heterocycles. The fourth-order valence-corrected chi connectivity index (χ4v) is 2.43. The Labute approximate surface area is 121 Å². The average molecular weight is 315 g/mol. The van der Waals surface area contributed by atoms with Crippen LogP contribution in [0.1, 0.15) is 17.9 Å². The maximum Gasteiger partial charge on any atom is 0.319 e. The lowest BCUT2D eigenvalue weighted by Gasteiger charge is -2.06. The van der Waals surface area contributed by atoms with Gasteiger partial charge in [-0.05, 0) is 18.2 Å². The molecule has 0 atom stereocenters. The van der Waals surface area contributed by atoms with Gasteiger partial charge < -0.3 is 15.7 Å². The molecule has 9 heteroatoms. The van der Waals surface area contributed by atoms with E-state index in [4.69, 9.17) is 5.11 Å². The van der Waals surface area contributed by atoms with Crippen molar-refractivity contribution in [3.8, 4) is 0 Å². The zero-order valence-electron chi connectivity index (χ0n) is 10.6. The molecule has 1 aromatic carbocycles. The summed E-state index contributed by atoms with van der Waals surface area (Å²) < 4.78 is 25.6. The molecule has 0 saturated heterocycles. The van der Waals surface area contributed by atoms with Crippen molar-refractivity contribution in [1.29, 1.82) is 0 Å². The monoisotopic (exact) mass is 315 g/mol. The minimum Gasteiger partial charge on any atom is -0.481 e. The molecular formula is C12H11F2N3O3S. The van der Waals surface area contributed by atoms with Crippen LogP contribution in [0.4, 0.5) is 19.3 Å². The predicted octanol–water partition coefficient (Wildman–Crippen LogP) is 2.83. The first kappa shape index (κ1) is 15.1. The second-order valence-electron chi connectivity index (χ2n) is 4.06. The average Bonchev–Trinajstić information content (AvgIpc) is 2.81. The highest BCUT2D eigenvalue weighted by atomic mass is 32.1. The number of benzene rings is 1. The summed E-state index contributed by atoms with van der Waals surface area (Å²) in [4.78, 5) is 25.6. The number of carbonyl (C=O) groups excluding carboxylic acids is 1. The first-order chi connectivity index (χ1) is 9.95. The van der Waals surface area contributed by atoms with Gasteiger partial charge in [-0.3, -0.25) is 4.79 Å². The molecule has 112 valence electrons. The van der Waals surface area contributed by atoms with E-state index >= 15 is 0 Å². The number of hydrogen-bond donors (Lipinski definition) is 3. The van der Waals surface area contributed by atoms with Crippen molar-refractivity contribution in [1.82, 2.24) is 10.3 Å². The second-order valence-corrected chi connectivity index (χ2v) is 5.12. The van der Waals surface area contributed by atoms with Crippen LogP contribution in [-0.2, 0) is 4.79 Å². The molecule has 0 saturated carbocycles. The van der Waals surface area contributed by atoms with E-state index in [9.17, 15) is 18.4 Å². The van der Waals surface area contributed by atoms with Crippen molar-refractivity contribution in [2.45, 2.75) is 12.8 Å². The number of halogens is 2. The highest BCUT2D eigenvalue weighted by Crippen LogP contribution is 2.30. The molecule has 0 unspecified atom stereocenters. The summed E-state index contributed by atoms with van der Waals surface area (Å²) in [6.45, 7) is -0.000497. The highest BCUT2D eigenvalue weighted by molar-refractivity contribution is 7.18. The van der Waals surface area contributed by atoms with E-state index in [0.29, 0.717) is 15.9 Å². The molecule has 2 amide bonds. The zero-order chi connectivity index (χ0) is 15.4. The topological polar surface area (TPSA) is 91.3 Å². The maximum absolute atomic E-state index is 12.5.